The molecule has 1 N–H and O–H groups in total. The van der Waals surface area contributed by atoms with Crippen LogP contribution in [0.25, 0.3) is 0 Å². The number of likely N-dealkylation sites (tertiary alicyclic amines) is 1. The first-order chi connectivity index (χ1) is 6.01. The Labute approximate surface area is 80.7 Å². The first-order valence-corrected chi connectivity index (χ1v) is 4.88. The summed E-state index contributed by atoms with van der Waals surface area (Å²) in [5.41, 5.74) is 0.188. The smallest absolute Gasteiger partial charge is 0.0866 e. The maximum absolute atomic E-state index is 8.53. The Morgan fingerprint density at radius 2 is 2.23 bits per heavy atom. The van der Waals surface area contributed by atoms with Gasteiger partial charge in [0.25, 0.3) is 0 Å². The Morgan fingerprint density at radius 3 is 2.77 bits per heavy atom. The van der Waals surface area contributed by atoms with Gasteiger partial charge < -0.3 is 5.32 Å². The molecule has 1 aliphatic rings. The number of rotatable bonds is 2. The van der Waals surface area contributed by atoms with E-state index in [-0.39, 0.29) is 5.54 Å². The third-order valence-corrected chi connectivity index (χ3v) is 2.20. The molecular formula is C10H19N3. The van der Waals surface area contributed by atoms with Crippen molar-refractivity contribution >= 4 is 0 Å². The van der Waals surface area contributed by atoms with E-state index in [0.717, 1.165) is 13.1 Å². The fourth-order valence-electron chi connectivity index (χ4n) is 1.81. The van der Waals surface area contributed by atoms with Crippen molar-refractivity contribution in [2.75, 3.05) is 19.6 Å². The molecule has 0 aromatic carbocycles. The molecule has 1 rings (SSSR count). The molecule has 0 aromatic heterocycles. The second kappa shape index (κ2) is 4.08. The summed E-state index contributed by atoms with van der Waals surface area (Å²) in [7, 11) is 0. The zero-order valence-electron chi connectivity index (χ0n) is 8.80. The van der Waals surface area contributed by atoms with Crippen molar-refractivity contribution in [3.05, 3.63) is 0 Å². The minimum absolute atomic E-state index is 0.188. The van der Waals surface area contributed by atoms with Crippen molar-refractivity contribution in [1.82, 2.24) is 10.2 Å². The fourth-order valence-corrected chi connectivity index (χ4v) is 1.81. The standard InChI is InChI=1S/C10H19N3/c1-10(2,3)12-9-4-6-13(8-9)7-5-11/h9,12H,4,6-8H2,1-3H3/t9-/m1/s1. The van der Waals surface area contributed by atoms with E-state index in [0.29, 0.717) is 12.6 Å². The highest BCUT2D eigenvalue weighted by Gasteiger charge is 2.25. The summed E-state index contributed by atoms with van der Waals surface area (Å²) in [5, 5.41) is 12.1. The van der Waals surface area contributed by atoms with E-state index in [1.807, 2.05) is 0 Å². The monoisotopic (exact) mass is 181 g/mol. The summed E-state index contributed by atoms with van der Waals surface area (Å²) < 4.78 is 0. The predicted octanol–water partition coefficient (Wildman–Crippen LogP) is 0.972. The molecule has 1 atom stereocenters. The summed E-state index contributed by atoms with van der Waals surface area (Å²) >= 11 is 0. The summed E-state index contributed by atoms with van der Waals surface area (Å²) in [6.07, 6.45) is 1.17. The molecule has 0 radical (unpaired) electrons. The van der Waals surface area contributed by atoms with Crippen LogP contribution in [0.4, 0.5) is 0 Å². The lowest BCUT2D eigenvalue weighted by molar-refractivity contribution is 0.330. The van der Waals surface area contributed by atoms with Crippen LogP contribution < -0.4 is 5.32 Å². The predicted molar refractivity (Wildman–Crippen MR) is 53.3 cm³/mol. The molecule has 3 heteroatoms. The molecule has 0 amide bonds. The zero-order valence-corrected chi connectivity index (χ0v) is 8.80. The molecule has 0 aromatic rings. The number of nitriles is 1. The van der Waals surface area contributed by atoms with Crippen LogP contribution in [0, 0.1) is 11.3 Å². The lowest BCUT2D eigenvalue weighted by atomic mass is 10.1. The third-order valence-electron chi connectivity index (χ3n) is 2.20. The topological polar surface area (TPSA) is 39.1 Å². The van der Waals surface area contributed by atoms with Gasteiger partial charge in [0.2, 0.25) is 0 Å². The van der Waals surface area contributed by atoms with Crippen LogP contribution in [0.2, 0.25) is 0 Å². The Kier molecular flexibility index (Phi) is 3.29. The zero-order chi connectivity index (χ0) is 9.90. The molecule has 3 nitrogen and oxygen atoms in total. The number of hydrogen-bond acceptors (Lipinski definition) is 3. The van der Waals surface area contributed by atoms with Crippen molar-refractivity contribution in [2.45, 2.75) is 38.8 Å². The molecule has 0 unspecified atom stereocenters. The number of hydrogen-bond donors (Lipinski definition) is 1. The largest absolute Gasteiger partial charge is 0.308 e. The van der Waals surface area contributed by atoms with E-state index >= 15 is 0 Å². The van der Waals surface area contributed by atoms with Crippen LogP contribution in [-0.4, -0.2) is 36.1 Å². The number of nitrogens with one attached hydrogen (secondary N) is 1. The van der Waals surface area contributed by atoms with Gasteiger partial charge in [0.15, 0.2) is 0 Å². The molecule has 1 fully saturated rings. The molecule has 1 aliphatic heterocycles. The minimum atomic E-state index is 0.188. The van der Waals surface area contributed by atoms with Gasteiger partial charge in [-0.15, -0.1) is 0 Å². The summed E-state index contributed by atoms with van der Waals surface area (Å²) in [5.74, 6) is 0. The van der Waals surface area contributed by atoms with E-state index < -0.39 is 0 Å². The molecule has 1 saturated heterocycles. The van der Waals surface area contributed by atoms with Crippen LogP contribution in [0.1, 0.15) is 27.2 Å². The van der Waals surface area contributed by atoms with Crippen LogP contribution in [0.3, 0.4) is 0 Å². The first kappa shape index (κ1) is 10.5. The quantitative estimate of drug-likeness (QED) is 0.645. The van der Waals surface area contributed by atoms with Gasteiger partial charge in [0.1, 0.15) is 0 Å². The van der Waals surface area contributed by atoms with E-state index in [9.17, 15) is 0 Å². The van der Waals surface area contributed by atoms with Gasteiger partial charge >= 0.3 is 0 Å². The van der Waals surface area contributed by atoms with Gasteiger partial charge in [-0.25, -0.2) is 0 Å². The molecule has 0 aliphatic carbocycles. The van der Waals surface area contributed by atoms with Crippen LogP contribution >= 0.6 is 0 Å². The van der Waals surface area contributed by atoms with E-state index in [1.54, 1.807) is 0 Å². The van der Waals surface area contributed by atoms with Crippen molar-refractivity contribution < 1.29 is 0 Å². The van der Waals surface area contributed by atoms with Crippen molar-refractivity contribution in [1.29, 1.82) is 5.26 Å². The van der Waals surface area contributed by atoms with E-state index in [4.69, 9.17) is 5.26 Å². The normalized spacial score (nSPS) is 24.6. The lowest BCUT2D eigenvalue weighted by Gasteiger charge is -2.25. The SMILES string of the molecule is CC(C)(C)N[C@@H]1CCN(CC#N)C1. The van der Waals surface area contributed by atoms with Crippen LogP contribution in [-0.2, 0) is 0 Å². The highest BCUT2D eigenvalue weighted by atomic mass is 15.2. The van der Waals surface area contributed by atoms with E-state index in [1.165, 1.54) is 6.42 Å². The molecule has 13 heavy (non-hydrogen) atoms. The van der Waals surface area contributed by atoms with Gasteiger partial charge in [-0.05, 0) is 27.2 Å². The Bertz CT molecular complexity index is 199. The van der Waals surface area contributed by atoms with E-state index in [2.05, 4.69) is 37.1 Å². The first-order valence-electron chi connectivity index (χ1n) is 4.88. The highest BCUT2D eigenvalue weighted by molar-refractivity contribution is 4.89. The molecule has 74 valence electrons. The maximum Gasteiger partial charge on any atom is 0.0866 e. The van der Waals surface area contributed by atoms with Crippen molar-refractivity contribution in [3.63, 3.8) is 0 Å². The lowest BCUT2D eigenvalue weighted by Crippen LogP contribution is -2.44. The molecular weight excluding hydrogens is 162 g/mol. The van der Waals surface area contributed by atoms with Crippen LogP contribution in [0.5, 0.6) is 0 Å². The Morgan fingerprint density at radius 1 is 1.54 bits per heavy atom. The second-order valence-electron chi connectivity index (χ2n) is 4.77. The van der Waals surface area contributed by atoms with Crippen LogP contribution in [0.15, 0.2) is 0 Å². The van der Waals surface area contributed by atoms with Crippen molar-refractivity contribution in [3.8, 4) is 6.07 Å². The Hall–Kier alpha value is -0.590. The minimum Gasteiger partial charge on any atom is -0.308 e. The second-order valence-corrected chi connectivity index (χ2v) is 4.77. The van der Waals surface area contributed by atoms with Gasteiger partial charge in [0.05, 0.1) is 12.6 Å². The highest BCUT2D eigenvalue weighted by Crippen LogP contribution is 2.12. The van der Waals surface area contributed by atoms with Crippen molar-refractivity contribution in [2.24, 2.45) is 0 Å². The van der Waals surface area contributed by atoms with Gasteiger partial charge in [-0.1, -0.05) is 0 Å². The fraction of sp³-hybridized carbons (Fsp3) is 0.900. The summed E-state index contributed by atoms with van der Waals surface area (Å²) in [6, 6.07) is 2.75. The van der Waals surface area contributed by atoms with Gasteiger partial charge in [-0.3, -0.25) is 4.90 Å². The van der Waals surface area contributed by atoms with Gasteiger partial charge in [0, 0.05) is 24.7 Å². The summed E-state index contributed by atoms with van der Waals surface area (Å²) in [6.45, 7) is 9.19. The molecule has 1 heterocycles. The average molecular weight is 181 g/mol. The number of nitrogens with zero attached hydrogens (tertiary/aromatic N) is 2. The maximum atomic E-state index is 8.53. The molecule has 0 spiro atoms. The van der Waals surface area contributed by atoms with Gasteiger partial charge in [-0.2, -0.15) is 5.26 Å². The average Bonchev–Trinajstić information content (AvgIpc) is 2.33. The molecule has 0 bridgehead atoms. The Balaban J connectivity index is 2.30. The molecule has 0 saturated carbocycles. The summed E-state index contributed by atoms with van der Waals surface area (Å²) in [4.78, 5) is 2.20. The third kappa shape index (κ3) is 3.75.